The Morgan fingerprint density at radius 3 is 2.43 bits per heavy atom. The van der Waals surface area contributed by atoms with Crippen molar-refractivity contribution >= 4 is 34.5 Å². The Hall–Kier alpha value is -3.06. The second-order valence-electron chi connectivity index (χ2n) is 4.60. The van der Waals surface area contributed by atoms with Gasteiger partial charge in [0.05, 0.1) is 11.1 Å². The molecular weight excluding hydrogens is 312 g/mol. The molecule has 0 radical (unpaired) electrons. The molecule has 0 atom stereocenters. The molecule has 23 heavy (non-hydrogen) atoms. The number of amides is 2. The number of rotatable bonds is 4. The first-order valence-electron chi connectivity index (χ1n) is 6.73. The normalized spacial score (nSPS) is 10.1. The van der Waals surface area contributed by atoms with E-state index in [4.69, 9.17) is 0 Å². The number of carbonyl (C=O) groups excluding carboxylic acids is 2. The molecule has 0 saturated carbocycles. The van der Waals surface area contributed by atoms with Gasteiger partial charge in [0.2, 0.25) is 0 Å². The lowest BCUT2D eigenvalue weighted by Gasteiger charge is -2.08. The van der Waals surface area contributed by atoms with Crippen LogP contribution in [0.4, 0.5) is 11.4 Å². The number of benzene rings is 1. The summed E-state index contributed by atoms with van der Waals surface area (Å²) in [6.07, 6.45) is 3.09. The predicted molar refractivity (Wildman–Crippen MR) is 88.7 cm³/mol. The van der Waals surface area contributed by atoms with Crippen molar-refractivity contribution < 1.29 is 9.59 Å². The molecule has 0 fully saturated rings. The fourth-order valence-corrected chi connectivity index (χ4v) is 2.43. The van der Waals surface area contributed by atoms with Crippen molar-refractivity contribution in [2.75, 3.05) is 10.6 Å². The highest BCUT2D eigenvalue weighted by molar-refractivity contribution is 7.07. The van der Waals surface area contributed by atoms with Gasteiger partial charge in [0, 0.05) is 29.1 Å². The highest BCUT2D eigenvalue weighted by Gasteiger charge is 2.09. The summed E-state index contributed by atoms with van der Waals surface area (Å²) in [7, 11) is 0. The van der Waals surface area contributed by atoms with Crippen LogP contribution in [0.25, 0.3) is 0 Å². The Kier molecular flexibility index (Phi) is 4.39. The summed E-state index contributed by atoms with van der Waals surface area (Å²) in [4.78, 5) is 31.9. The van der Waals surface area contributed by atoms with Crippen LogP contribution in [0.1, 0.15) is 20.8 Å². The molecule has 0 aliphatic carbocycles. The van der Waals surface area contributed by atoms with E-state index in [1.807, 2.05) is 0 Å². The second-order valence-corrected chi connectivity index (χ2v) is 5.32. The lowest BCUT2D eigenvalue weighted by atomic mass is 10.2. The van der Waals surface area contributed by atoms with Gasteiger partial charge in [-0.05, 0) is 30.3 Å². The van der Waals surface area contributed by atoms with Gasteiger partial charge in [0.1, 0.15) is 5.69 Å². The molecule has 3 rings (SSSR count). The minimum absolute atomic E-state index is 0.263. The average molecular weight is 324 g/mol. The molecule has 2 aromatic heterocycles. The summed E-state index contributed by atoms with van der Waals surface area (Å²) in [5.41, 5.74) is 3.57. The van der Waals surface area contributed by atoms with Crippen LogP contribution in [0.2, 0.25) is 0 Å². The third kappa shape index (κ3) is 3.78. The van der Waals surface area contributed by atoms with E-state index in [2.05, 4.69) is 20.6 Å². The van der Waals surface area contributed by atoms with Gasteiger partial charge in [-0.2, -0.15) is 0 Å². The van der Waals surface area contributed by atoms with Gasteiger partial charge >= 0.3 is 0 Å². The summed E-state index contributed by atoms with van der Waals surface area (Å²) in [6.45, 7) is 0. The van der Waals surface area contributed by atoms with Crippen molar-refractivity contribution in [2.24, 2.45) is 0 Å². The molecule has 6 nitrogen and oxygen atoms in total. The maximum atomic E-state index is 12.1. The van der Waals surface area contributed by atoms with E-state index in [0.717, 1.165) is 0 Å². The molecule has 2 heterocycles. The molecule has 0 unspecified atom stereocenters. The van der Waals surface area contributed by atoms with Crippen LogP contribution >= 0.6 is 11.3 Å². The SMILES string of the molecule is O=C(Nc1cccc(NC(=O)c2cscn2)c1)c1cccnc1. The molecule has 0 saturated heterocycles. The van der Waals surface area contributed by atoms with Crippen molar-refractivity contribution in [3.63, 3.8) is 0 Å². The number of thiazole rings is 1. The molecule has 0 aliphatic rings. The summed E-state index contributed by atoms with van der Waals surface area (Å²) in [5, 5.41) is 7.17. The van der Waals surface area contributed by atoms with Crippen molar-refractivity contribution in [1.82, 2.24) is 9.97 Å². The number of anilines is 2. The highest BCUT2D eigenvalue weighted by Crippen LogP contribution is 2.17. The zero-order valence-electron chi connectivity index (χ0n) is 11.9. The third-order valence-corrected chi connectivity index (χ3v) is 3.55. The molecule has 0 spiro atoms. The number of aromatic nitrogens is 2. The molecule has 114 valence electrons. The molecule has 2 N–H and O–H groups in total. The van der Waals surface area contributed by atoms with Crippen LogP contribution in [-0.2, 0) is 0 Å². The van der Waals surface area contributed by atoms with Gasteiger partial charge in [0.25, 0.3) is 11.8 Å². The van der Waals surface area contributed by atoms with Crippen LogP contribution in [0.3, 0.4) is 0 Å². The van der Waals surface area contributed by atoms with Crippen LogP contribution in [0.15, 0.2) is 59.7 Å². The fourth-order valence-electron chi connectivity index (χ4n) is 1.89. The average Bonchev–Trinajstić information content (AvgIpc) is 3.10. The Labute approximate surface area is 136 Å². The Morgan fingerprint density at radius 1 is 1.00 bits per heavy atom. The van der Waals surface area contributed by atoms with Crippen LogP contribution in [0.5, 0.6) is 0 Å². The minimum atomic E-state index is -0.290. The summed E-state index contributed by atoms with van der Waals surface area (Å²) in [6, 6.07) is 10.3. The van der Waals surface area contributed by atoms with Gasteiger partial charge in [0.15, 0.2) is 0 Å². The first-order chi connectivity index (χ1) is 11.2. The van der Waals surface area contributed by atoms with Gasteiger partial charge in [-0.25, -0.2) is 4.98 Å². The van der Waals surface area contributed by atoms with E-state index in [0.29, 0.717) is 22.6 Å². The fraction of sp³-hybridized carbons (Fsp3) is 0. The first-order valence-corrected chi connectivity index (χ1v) is 7.67. The number of carbonyl (C=O) groups is 2. The molecule has 3 aromatic rings. The van der Waals surface area contributed by atoms with Crippen molar-refractivity contribution in [3.8, 4) is 0 Å². The van der Waals surface area contributed by atoms with Crippen molar-refractivity contribution in [1.29, 1.82) is 0 Å². The molecule has 0 aliphatic heterocycles. The van der Waals surface area contributed by atoms with Gasteiger partial charge < -0.3 is 10.6 Å². The number of nitrogens with one attached hydrogen (secondary N) is 2. The summed E-state index contributed by atoms with van der Waals surface area (Å²) >= 11 is 1.35. The first kappa shape index (κ1) is 14.9. The number of hydrogen-bond acceptors (Lipinski definition) is 5. The van der Waals surface area contributed by atoms with Crippen LogP contribution in [0, 0.1) is 0 Å². The second kappa shape index (κ2) is 6.80. The van der Waals surface area contributed by atoms with Crippen LogP contribution < -0.4 is 10.6 Å². The number of pyridine rings is 1. The maximum Gasteiger partial charge on any atom is 0.275 e. The Balaban J connectivity index is 1.70. The molecule has 7 heteroatoms. The van der Waals surface area contributed by atoms with Gasteiger partial charge in [-0.3, -0.25) is 14.6 Å². The smallest absolute Gasteiger partial charge is 0.275 e. The minimum Gasteiger partial charge on any atom is -0.322 e. The maximum absolute atomic E-state index is 12.1. The van der Waals surface area contributed by atoms with E-state index < -0.39 is 0 Å². The Bertz CT molecular complexity index is 819. The molecule has 1 aromatic carbocycles. The number of hydrogen-bond donors (Lipinski definition) is 2. The molecule has 2 amide bonds. The van der Waals surface area contributed by atoms with E-state index in [1.165, 1.54) is 17.5 Å². The highest BCUT2D eigenvalue weighted by atomic mass is 32.1. The lowest BCUT2D eigenvalue weighted by molar-refractivity contribution is 0.101. The monoisotopic (exact) mass is 324 g/mol. The van der Waals surface area contributed by atoms with E-state index in [9.17, 15) is 9.59 Å². The lowest BCUT2D eigenvalue weighted by Crippen LogP contribution is -2.14. The van der Waals surface area contributed by atoms with Gasteiger partial charge in [-0.15, -0.1) is 11.3 Å². The predicted octanol–water partition coefficient (Wildman–Crippen LogP) is 3.04. The van der Waals surface area contributed by atoms with Crippen molar-refractivity contribution in [2.45, 2.75) is 0 Å². The Morgan fingerprint density at radius 2 is 1.78 bits per heavy atom. The van der Waals surface area contributed by atoms with E-state index in [-0.39, 0.29) is 11.8 Å². The van der Waals surface area contributed by atoms with Gasteiger partial charge in [-0.1, -0.05) is 6.07 Å². The zero-order chi connectivity index (χ0) is 16.1. The van der Waals surface area contributed by atoms with E-state index in [1.54, 1.807) is 53.5 Å². The topological polar surface area (TPSA) is 84.0 Å². The van der Waals surface area contributed by atoms with Crippen LogP contribution in [-0.4, -0.2) is 21.8 Å². The summed E-state index contributed by atoms with van der Waals surface area (Å²) < 4.78 is 0. The molecule has 0 bridgehead atoms. The quantitative estimate of drug-likeness (QED) is 0.772. The summed E-state index contributed by atoms with van der Waals surface area (Å²) in [5.74, 6) is -0.553. The molecular formula is C16H12N4O2S. The number of nitrogens with zero attached hydrogens (tertiary/aromatic N) is 2. The van der Waals surface area contributed by atoms with Crippen molar-refractivity contribution in [3.05, 3.63) is 70.9 Å². The zero-order valence-corrected chi connectivity index (χ0v) is 12.7. The largest absolute Gasteiger partial charge is 0.322 e. The standard InChI is InChI=1S/C16H12N4O2S/c21-15(11-3-2-6-17-8-11)19-12-4-1-5-13(7-12)20-16(22)14-9-23-10-18-14/h1-10H,(H,19,21)(H,20,22). The third-order valence-electron chi connectivity index (χ3n) is 2.97. The van der Waals surface area contributed by atoms with E-state index >= 15 is 0 Å².